The number of carbonyl (C=O) groups excluding carboxylic acids is 2. The molecular weight excluding hydrogens is 592 g/mol. The molecule has 0 saturated heterocycles. The van der Waals surface area contributed by atoms with E-state index in [0.29, 0.717) is 26.1 Å². The van der Waals surface area contributed by atoms with Crippen molar-refractivity contribution in [2.75, 3.05) is 13.2 Å². The van der Waals surface area contributed by atoms with E-state index in [1.165, 1.54) is 193 Å². The first-order valence-corrected chi connectivity index (χ1v) is 21.9. The number of hydrogen-bond donors (Lipinski definition) is 0. The molecule has 0 aromatic carbocycles. The summed E-state index contributed by atoms with van der Waals surface area (Å²) in [6.45, 7) is 10.2. The van der Waals surface area contributed by atoms with Crippen molar-refractivity contribution < 1.29 is 19.1 Å². The topological polar surface area (TPSA) is 52.6 Å². The van der Waals surface area contributed by atoms with Gasteiger partial charge in [0.05, 0.1) is 13.2 Å². The normalized spacial score (nSPS) is 10.9. The van der Waals surface area contributed by atoms with Crippen LogP contribution in [-0.2, 0) is 19.1 Å². The Morgan fingerprint density at radius 3 is 0.708 bits per heavy atom. The molecule has 0 radical (unpaired) electrons. The van der Waals surface area contributed by atoms with Gasteiger partial charge in [0.15, 0.2) is 0 Å². The third-order valence-corrected chi connectivity index (χ3v) is 9.49. The van der Waals surface area contributed by atoms with Crippen LogP contribution in [0.4, 0.5) is 0 Å². The minimum absolute atomic E-state index is 0.00412. The van der Waals surface area contributed by atoms with Crippen LogP contribution in [0.15, 0.2) is 0 Å². The van der Waals surface area contributed by atoms with Crippen molar-refractivity contribution in [2.45, 2.75) is 259 Å². The monoisotopic (exact) mass is 681 g/mol. The smallest absolute Gasteiger partial charge is 0.305 e. The summed E-state index contributed by atoms with van der Waals surface area (Å²) in [5, 5.41) is 0. The van der Waals surface area contributed by atoms with E-state index in [2.05, 4.69) is 27.7 Å². The van der Waals surface area contributed by atoms with Gasteiger partial charge in [0.2, 0.25) is 0 Å². The molecule has 0 amide bonds. The van der Waals surface area contributed by atoms with Gasteiger partial charge >= 0.3 is 11.9 Å². The molecule has 0 aliphatic heterocycles. The molecule has 0 rings (SSSR count). The number of carbonyl (C=O) groups is 2. The fourth-order valence-corrected chi connectivity index (χ4v) is 6.15. The number of esters is 2. The lowest BCUT2D eigenvalue weighted by Crippen LogP contribution is -2.05. The molecule has 0 atom stereocenters. The highest BCUT2D eigenvalue weighted by molar-refractivity contribution is 5.69. The van der Waals surface area contributed by atoms with Crippen molar-refractivity contribution in [2.24, 2.45) is 0 Å². The standard InChI is InChI=1S/C26H52O2.C18H36O2/c1-3-5-7-9-11-12-13-14-15-16-17-19-21-23-25-28-26(27)24-22-20-18-10-8-6-4-2;1-3-5-7-9-10-11-12-13-14-16-18(19)20-17-15-8-6-4-2/h3-25H2,1-2H3;3-17H2,1-2H3. The predicted molar refractivity (Wildman–Crippen MR) is 211 cm³/mol. The molecule has 0 aromatic rings. The Morgan fingerprint density at radius 1 is 0.271 bits per heavy atom. The van der Waals surface area contributed by atoms with Gasteiger partial charge in [0, 0.05) is 12.8 Å². The quantitative estimate of drug-likeness (QED) is 0.0481. The van der Waals surface area contributed by atoms with E-state index in [0.717, 1.165) is 25.7 Å². The molecule has 0 heterocycles. The zero-order valence-electron chi connectivity index (χ0n) is 33.5. The summed E-state index contributed by atoms with van der Waals surface area (Å²) in [7, 11) is 0. The van der Waals surface area contributed by atoms with Gasteiger partial charge in [0.25, 0.3) is 0 Å². The van der Waals surface area contributed by atoms with Gasteiger partial charge < -0.3 is 9.47 Å². The van der Waals surface area contributed by atoms with Crippen LogP contribution >= 0.6 is 0 Å². The van der Waals surface area contributed by atoms with Gasteiger partial charge in [-0.05, 0) is 25.7 Å². The highest BCUT2D eigenvalue weighted by atomic mass is 16.5. The lowest BCUT2D eigenvalue weighted by molar-refractivity contribution is -0.144. The van der Waals surface area contributed by atoms with Crippen molar-refractivity contribution in [1.82, 2.24) is 0 Å². The van der Waals surface area contributed by atoms with E-state index in [1.54, 1.807) is 0 Å². The maximum Gasteiger partial charge on any atom is 0.305 e. The molecule has 0 saturated carbocycles. The van der Waals surface area contributed by atoms with Crippen LogP contribution < -0.4 is 0 Å². The van der Waals surface area contributed by atoms with Crippen molar-refractivity contribution >= 4 is 11.9 Å². The van der Waals surface area contributed by atoms with Crippen molar-refractivity contribution in [3.63, 3.8) is 0 Å². The van der Waals surface area contributed by atoms with Gasteiger partial charge in [-0.3, -0.25) is 9.59 Å². The largest absolute Gasteiger partial charge is 0.466 e. The molecule has 0 bridgehead atoms. The van der Waals surface area contributed by atoms with Crippen LogP contribution in [0.5, 0.6) is 0 Å². The zero-order chi connectivity index (χ0) is 35.4. The molecule has 48 heavy (non-hydrogen) atoms. The Balaban J connectivity index is 0. The molecule has 0 unspecified atom stereocenters. The number of unbranched alkanes of at least 4 members (excludes halogenated alkanes) is 30. The Hall–Kier alpha value is -1.06. The average molecular weight is 681 g/mol. The first-order valence-electron chi connectivity index (χ1n) is 21.9. The third-order valence-electron chi connectivity index (χ3n) is 9.49. The van der Waals surface area contributed by atoms with Gasteiger partial charge in [-0.15, -0.1) is 0 Å². The fraction of sp³-hybridized carbons (Fsp3) is 0.955. The van der Waals surface area contributed by atoms with Crippen LogP contribution in [0.3, 0.4) is 0 Å². The minimum Gasteiger partial charge on any atom is -0.466 e. The second-order valence-electron chi connectivity index (χ2n) is 14.5. The fourth-order valence-electron chi connectivity index (χ4n) is 6.15. The zero-order valence-corrected chi connectivity index (χ0v) is 33.5. The summed E-state index contributed by atoms with van der Waals surface area (Å²) in [4.78, 5) is 23.2. The van der Waals surface area contributed by atoms with Gasteiger partial charge in [-0.25, -0.2) is 0 Å². The minimum atomic E-state index is 0.00412. The Bertz CT molecular complexity index is 605. The first kappa shape index (κ1) is 49.1. The summed E-state index contributed by atoms with van der Waals surface area (Å²) in [6.07, 6.45) is 45.4. The molecule has 288 valence electrons. The maximum atomic E-state index is 11.7. The van der Waals surface area contributed by atoms with E-state index in [4.69, 9.17) is 9.47 Å². The molecular formula is C44H88O4. The summed E-state index contributed by atoms with van der Waals surface area (Å²) >= 11 is 0. The van der Waals surface area contributed by atoms with E-state index in [-0.39, 0.29) is 11.9 Å². The number of hydrogen-bond acceptors (Lipinski definition) is 4. The van der Waals surface area contributed by atoms with E-state index in [9.17, 15) is 9.59 Å². The third kappa shape index (κ3) is 47.1. The average Bonchev–Trinajstić information content (AvgIpc) is 3.09. The highest BCUT2D eigenvalue weighted by Crippen LogP contribution is 2.14. The predicted octanol–water partition coefficient (Wildman–Crippen LogP) is 15.2. The molecule has 0 aromatic heterocycles. The number of ether oxygens (including phenoxy) is 2. The molecule has 0 N–H and O–H groups in total. The van der Waals surface area contributed by atoms with Crippen molar-refractivity contribution in [3.05, 3.63) is 0 Å². The first-order chi connectivity index (χ1) is 23.6. The van der Waals surface area contributed by atoms with E-state index < -0.39 is 0 Å². The Morgan fingerprint density at radius 2 is 0.458 bits per heavy atom. The Labute approximate surface area is 302 Å². The second kappa shape index (κ2) is 45.9. The van der Waals surface area contributed by atoms with E-state index in [1.807, 2.05) is 0 Å². The molecule has 0 spiro atoms. The lowest BCUT2D eigenvalue weighted by Gasteiger charge is -2.05. The SMILES string of the molecule is CCCCCCCCCCCC(=O)OCCCCCC.CCCCCCCCCCCCCCCCOC(=O)CCCCCCCCC. The number of rotatable bonds is 38. The van der Waals surface area contributed by atoms with Crippen LogP contribution in [-0.4, -0.2) is 25.2 Å². The van der Waals surface area contributed by atoms with E-state index >= 15 is 0 Å². The van der Waals surface area contributed by atoms with Crippen LogP contribution in [0.2, 0.25) is 0 Å². The summed E-state index contributed by atoms with van der Waals surface area (Å²) in [6, 6.07) is 0. The Kier molecular flexibility index (Phi) is 46.9. The van der Waals surface area contributed by atoms with Crippen molar-refractivity contribution in [3.8, 4) is 0 Å². The maximum absolute atomic E-state index is 11.7. The molecule has 0 aliphatic carbocycles. The van der Waals surface area contributed by atoms with Crippen LogP contribution in [0.25, 0.3) is 0 Å². The van der Waals surface area contributed by atoms with Gasteiger partial charge in [-0.2, -0.15) is 0 Å². The van der Waals surface area contributed by atoms with Crippen LogP contribution in [0.1, 0.15) is 259 Å². The molecule has 0 fully saturated rings. The second-order valence-corrected chi connectivity index (χ2v) is 14.5. The molecule has 4 heteroatoms. The van der Waals surface area contributed by atoms with Gasteiger partial charge in [0.1, 0.15) is 0 Å². The van der Waals surface area contributed by atoms with Crippen LogP contribution in [0, 0.1) is 0 Å². The summed E-state index contributed by atoms with van der Waals surface area (Å²) in [5.74, 6) is 0.0210. The summed E-state index contributed by atoms with van der Waals surface area (Å²) < 4.78 is 10.6. The molecule has 0 aliphatic rings. The highest BCUT2D eigenvalue weighted by Gasteiger charge is 2.03. The lowest BCUT2D eigenvalue weighted by atomic mass is 10.0. The summed E-state index contributed by atoms with van der Waals surface area (Å²) in [5.41, 5.74) is 0. The van der Waals surface area contributed by atoms with Gasteiger partial charge in [-0.1, -0.05) is 220 Å². The molecule has 4 nitrogen and oxygen atoms in total. The van der Waals surface area contributed by atoms with Crippen molar-refractivity contribution in [1.29, 1.82) is 0 Å².